The van der Waals surface area contributed by atoms with Crippen LogP contribution in [0.25, 0.3) is 11.3 Å². The van der Waals surface area contributed by atoms with Crippen LogP contribution in [0.3, 0.4) is 0 Å². The number of hydrogen-bond acceptors (Lipinski definition) is 5. The Kier molecular flexibility index (Phi) is 5.71. The predicted molar refractivity (Wildman–Crippen MR) is 106 cm³/mol. The summed E-state index contributed by atoms with van der Waals surface area (Å²) in [5.41, 5.74) is 3.91. The number of hydrogen-bond donors (Lipinski definition) is 2. The molecule has 13 heteroatoms. The molecule has 33 heavy (non-hydrogen) atoms. The van der Waals surface area contributed by atoms with E-state index in [-0.39, 0.29) is 47.5 Å². The average Bonchev–Trinajstić information content (AvgIpc) is 3.44. The van der Waals surface area contributed by atoms with Gasteiger partial charge in [-0.05, 0) is 44.2 Å². The van der Waals surface area contributed by atoms with Gasteiger partial charge in [-0.3, -0.25) is 19.2 Å². The molecule has 2 aliphatic carbocycles. The van der Waals surface area contributed by atoms with Crippen molar-refractivity contribution < 1.29 is 31.1 Å². The highest BCUT2D eigenvalue weighted by molar-refractivity contribution is 5.60. The number of methoxy groups -OCH3 is 1. The normalized spacial score (nSPS) is 27.6. The van der Waals surface area contributed by atoms with E-state index in [2.05, 4.69) is 4.98 Å². The van der Waals surface area contributed by atoms with E-state index in [1.165, 1.54) is 23.5 Å². The van der Waals surface area contributed by atoms with Gasteiger partial charge in [-0.2, -0.15) is 22.0 Å². The van der Waals surface area contributed by atoms with Gasteiger partial charge in [0, 0.05) is 12.6 Å². The molecule has 1 saturated heterocycles. The Morgan fingerprint density at radius 3 is 2.33 bits per heavy atom. The predicted octanol–water partition coefficient (Wildman–Crippen LogP) is 0.364. The lowest BCUT2D eigenvalue weighted by molar-refractivity contribution is -0.293. The van der Waals surface area contributed by atoms with Crippen LogP contribution in [0, 0.1) is 5.92 Å². The van der Waals surface area contributed by atoms with Crippen LogP contribution in [-0.2, 0) is 4.74 Å². The zero-order valence-electron chi connectivity index (χ0n) is 17.9. The van der Waals surface area contributed by atoms with Gasteiger partial charge < -0.3 is 10.5 Å². The Morgan fingerprint density at radius 1 is 1.15 bits per heavy atom. The summed E-state index contributed by atoms with van der Waals surface area (Å²) in [6.07, 6.45) is -6.38. The van der Waals surface area contributed by atoms with Crippen LogP contribution in [-0.4, -0.2) is 65.0 Å². The van der Waals surface area contributed by atoms with E-state index in [1.54, 1.807) is 0 Å². The topological polar surface area (TPSA) is 93.3 Å². The Labute approximate surface area is 183 Å². The molecular formula is C20H24F6N4O3. The molecule has 184 valence electrons. The van der Waals surface area contributed by atoms with Crippen molar-refractivity contribution in [3.8, 4) is 0 Å². The number of rotatable bonds is 5. The Hall–Kier alpha value is -2.28. The molecule has 4 atom stereocenters. The lowest BCUT2D eigenvalue weighted by Crippen LogP contribution is -2.62. The highest BCUT2D eigenvalue weighted by atomic mass is 19.4. The smallest absolute Gasteiger partial charge is 0.454 e. The van der Waals surface area contributed by atoms with E-state index < -0.39 is 47.5 Å². The summed E-state index contributed by atoms with van der Waals surface area (Å²) in [5.74, 6) is -6.38. The number of nitrogens with zero attached hydrogens (tertiary/aromatic N) is 2. The van der Waals surface area contributed by atoms with Gasteiger partial charge in [-0.1, -0.05) is 0 Å². The number of nitrogens with one attached hydrogen (secondary N) is 1. The van der Waals surface area contributed by atoms with Crippen LogP contribution in [0.15, 0.2) is 9.59 Å². The molecule has 1 aromatic heterocycles. The van der Waals surface area contributed by atoms with Gasteiger partial charge in [-0.15, -0.1) is 0 Å². The molecule has 0 radical (unpaired) electrons. The molecule has 4 unspecified atom stereocenters. The highest BCUT2D eigenvalue weighted by Gasteiger charge is 2.63. The van der Waals surface area contributed by atoms with E-state index in [4.69, 9.17) is 10.5 Å². The van der Waals surface area contributed by atoms with E-state index >= 15 is 4.39 Å². The lowest BCUT2D eigenvalue weighted by atomic mass is 9.93. The van der Waals surface area contributed by atoms with E-state index in [0.717, 1.165) is 0 Å². The van der Waals surface area contributed by atoms with Crippen molar-refractivity contribution in [2.45, 2.75) is 62.6 Å². The summed E-state index contributed by atoms with van der Waals surface area (Å²) in [5, 5.41) is 0.0941. The fraction of sp³-hybridized carbons (Fsp3) is 0.700. The lowest BCUT2D eigenvalue weighted by Gasteiger charge is -2.35. The standard InChI is InChI=1S/C20H24F6N4O3/c1-8-11-13(30(10-3-4-10)18(32)28-17(11)31)15(33-2)14(12(8)21)29-6-5-9(7-29)16(27)19(22,23)20(24,25)26/h9-10,12,14,16H,3-7,27H2,1-2H3,(H,28,31,32). The second kappa shape index (κ2) is 7.90. The zero-order chi connectivity index (χ0) is 24.5. The van der Waals surface area contributed by atoms with E-state index in [9.17, 15) is 31.5 Å². The van der Waals surface area contributed by atoms with Gasteiger partial charge in [0.05, 0.1) is 23.7 Å². The van der Waals surface area contributed by atoms with Gasteiger partial charge in [0.15, 0.2) is 0 Å². The van der Waals surface area contributed by atoms with Gasteiger partial charge in [0.25, 0.3) is 5.56 Å². The number of H-pyrrole nitrogens is 1. The van der Waals surface area contributed by atoms with Gasteiger partial charge in [0.2, 0.25) is 0 Å². The molecular weight excluding hydrogens is 458 g/mol. The summed E-state index contributed by atoms with van der Waals surface area (Å²) in [6, 6.07) is -3.91. The Morgan fingerprint density at radius 2 is 1.79 bits per heavy atom. The van der Waals surface area contributed by atoms with Crippen molar-refractivity contribution in [2.24, 2.45) is 11.7 Å². The quantitative estimate of drug-likeness (QED) is 0.592. The fourth-order valence-electron chi connectivity index (χ4n) is 4.90. The summed E-state index contributed by atoms with van der Waals surface area (Å²) in [7, 11) is 1.24. The number of halogens is 6. The third kappa shape index (κ3) is 3.69. The maximum atomic E-state index is 15.6. The molecule has 0 aromatic carbocycles. The first-order valence-corrected chi connectivity index (χ1v) is 10.5. The van der Waals surface area contributed by atoms with Crippen LogP contribution in [0.5, 0.6) is 0 Å². The minimum absolute atomic E-state index is 0.0102. The number of likely N-dealkylation sites (tertiary alicyclic amines) is 1. The minimum Gasteiger partial charge on any atom is -0.497 e. The first-order chi connectivity index (χ1) is 15.3. The van der Waals surface area contributed by atoms with Gasteiger partial charge in [-0.25, -0.2) is 9.18 Å². The highest BCUT2D eigenvalue weighted by Crippen LogP contribution is 2.42. The third-order valence-corrected chi connectivity index (χ3v) is 6.82. The van der Waals surface area contributed by atoms with Crippen LogP contribution >= 0.6 is 0 Å². The first-order valence-electron chi connectivity index (χ1n) is 10.5. The molecule has 2 fully saturated rings. The van der Waals surface area contributed by atoms with Crippen LogP contribution in [0.4, 0.5) is 26.3 Å². The second-order valence-electron chi connectivity index (χ2n) is 8.87. The monoisotopic (exact) mass is 482 g/mol. The fourth-order valence-corrected chi connectivity index (χ4v) is 4.90. The molecule has 1 aliphatic heterocycles. The van der Waals surface area contributed by atoms with Crippen LogP contribution < -0.4 is 27.6 Å². The Balaban J connectivity index is 1.79. The molecule has 3 aliphatic rings. The number of aromatic nitrogens is 2. The molecule has 0 amide bonds. The van der Waals surface area contributed by atoms with Gasteiger partial charge in [0.1, 0.15) is 18.0 Å². The van der Waals surface area contributed by atoms with Crippen LogP contribution in [0.1, 0.15) is 32.2 Å². The summed E-state index contributed by atoms with van der Waals surface area (Å²) in [6.45, 7) is 1.05. The van der Waals surface area contributed by atoms with E-state index in [1.807, 2.05) is 0 Å². The molecule has 3 N–H and O–H groups in total. The molecule has 1 aromatic rings. The SMILES string of the molecule is COC1=c2c(c(=O)[nH]c(=O)n2C2CC2)=C(C)C(F)C1N1CCC(C(N)C(F)(F)C(F)(F)F)C1. The second-order valence-corrected chi connectivity index (χ2v) is 8.87. The number of aromatic amines is 1. The molecule has 1 saturated carbocycles. The molecule has 0 spiro atoms. The summed E-state index contributed by atoms with van der Waals surface area (Å²) in [4.78, 5) is 28.7. The van der Waals surface area contributed by atoms with Gasteiger partial charge >= 0.3 is 17.8 Å². The Bertz CT molecular complexity index is 1190. The number of nitrogens with two attached hydrogens (primary N) is 1. The molecule has 4 rings (SSSR count). The average molecular weight is 482 g/mol. The molecule has 7 nitrogen and oxygen atoms in total. The molecule has 2 heterocycles. The van der Waals surface area contributed by atoms with Crippen molar-refractivity contribution in [3.05, 3.63) is 31.4 Å². The number of alkyl halides is 6. The van der Waals surface area contributed by atoms with Crippen molar-refractivity contribution in [1.82, 2.24) is 14.5 Å². The van der Waals surface area contributed by atoms with E-state index in [0.29, 0.717) is 12.8 Å². The minimum atomic E-state index is -5.80. The largest absolute Gasteiger partial charge is 0.497 e. The zero-order valence-corrected chi connectivity index (χ0v) is 17.9. The number of ether oxygens (including phenoxy) is 1. The van der Waals surface area contributed by atoms with Crippen molar-refractivity contribution in [3.63, 3.8) is 0 Å². The third-order valence-electron chi connectivity index (χ3n) is 6.82. The van der Waals surface area contributed by atoms with Crippen LogP contribution in [0.2, 0.25) is 0 Å². The van der Waals surface area contributed by atoms with Crippen molar-refractivity contribution in [2.75, 3.05) is 20.2 Å². The van der Waals surface area contributed by atoms with Crippen molar-refractivity contribution >= 4 is 11.3 Å². The first kappa shape index (κ1) is 23.9. The molecule has 0 bridgehead atoms. The summed E-state index contributed by atoms with van der Waals surface area (Å²) < 4.78 is 88.4. The summed E-state index contributed by atoms with van der Waals surface area (Å²) >= 11 is 0. The maximum Gasteiger partial charge on any atom is 0.454 e. The van der Waals surface area contributed by atoms with Crippen molar-refractivity contribution in [1.29, 1.82) is 0 Å². The number of fused-ring (bicyclic) bond motifs is 1. The maximum absolute atomic E-state index is 15.6.